The largest absolute Gasteiger partial charge is 0.354 e. The molecule has 0 spiro atoms. The Balaban J connectivity index is 1.40. The molecule has 2 bridgehead atoms. The third kappa shape index (κ3) is 5.97. The Morgan fingerprint density at radius 3 is 2.59 bits per heavy atom. The highest BCUT2D eigenvalue weighted by atomic mass is 16.2. The molecule has 0 aromatic carbocycles. The number of aromatic nitrogens is 3. The molecule has 5 rings (SSSR count). The Bertz CT molecular complexity index is 1340. The summed E-state index contributed by atoms with van der Waals surface area (Å²) in [6.45, 7) is 8.14. The maximum absolute atomic E-state index is 13.8. The molecule has 2 aliphatic carbocycles. The number of amides is 3. The minimum Gasteiger partial charge on any atom is -0.354 e. The van der Waals surface area contributed by atoms with Gasteiger partial charge >= 0.3 is 0 Å². The van der Waals surface area contributed by atoms with E-state index in [1.807, 2.05) is 23.6 Å². The summed E-state index contributed by atoms with van der Waals surface area (Å²) in [5, 5.41) is 7.59. The van der Waals surface area contributed by atoms with Gasteiger partial charge in [0.1, 0.15) is 5.69 Å². The lowest BCUT2D eigenvalue weighted by Gasteiger charge is -2.35. The number of hydrogen-bond donors (Lipinski definition) is 2. The van der Waals surface area contributed by atoms with Gasteiger partial charge in [0.15, 0.2) is 11.5 Å². The Hall–Kier alpha value is -3.43. The first-order chi connectivity index (χ1) is 19.7. The molecule has 3 heterocycles. The fraction of sp³-hybridized carbons (Fsp3) is 0.645. The van der Waals surface area contributed by atoms with E-state index < -0.39 is 0 Å². The van der Waals surface area contributed by atoms with Gasteiger partial charge in [0.2, 0.25) is 5.91 Å². The highest BCUT2D eigenvalue weighted by Crippen LogP contribution is 2.29. The van der Waals surface area contributed by atoms with Gasteiger partial charge in [-0.2, -0.15) is 5.10 Å². The van der Waals surface area contributed by atoms with Crippen LogP contribution in [0, 0.1) is 12.8 Å². The Kier molecular flexibility index (Phi) is 8.66. The zero-order chi connectivity index (χ0) is 29.3. The van der Waals surface area contributed by atoms with Crippen LogP contribution in [0.3, 0.4) is 0 Å². The molecule has 0 fully saturated rings. The molecule has 2 aromatic heterocycles. The van der Waals surface area contributed by atoms with Gasteiger partial charge < -0.3 is 20.1 Å². The van der Waals surface area contributed by atoms with Crippen LogP contribution in [0.15, 0.2) is 0 Å². The first kappa shape index (κ1) is 29.1. The van der Waals surface area contributed by atoms with E-state index >= 15 is 0 Å². The first-order valence-electron chi connectivity index (χ1n) is 15.3. The van der Waals surface area contributed by atoms with Gasteiger partial charge in [0.25, 0.3) is 11.8 Å². The summed E-state index contributed by atoms with van der Waals surface area (Å²) < 4.78 is 1.81. The number of rotatable bonds is 4. The predicted molar refractivity (Wildman–Crippen MR) is 155 cm³/mol. The fourth-order valence-corrected chi connectivity index (χ4v) is 6.71. The Morgan fingerprint density at radius 1 is 1.05 bits per heavy atom. The summed E-state index contributed by atoms with van der Waals surface area (Å²) in [6, 6.07) is 0.0257. The minimum atomic E-state index is -0.207. The minimum absolute atomic E-state index is 0.0257. The SMILES string of the molecule is Cc1c(C(=O)N2CCCNC(=O)c3nn(C)c4c3CC(CC4)N(CCC(C)C)C(=O)CCC2)[nH]c2c1C(=O)CCC2. The van der Waals surface area contributed by atoms with Crippen molar-refractivity contribution in [1.82, 2.24) is 29.9 Å². The van der Waals surface area contributed by atoms with Crippen LogP contribution in [0.1, 0.15) is 113 Å². The molecule has 3 amide bonds. The maximum atomic E-state index is 13.8. The fourth-order valence-electron chi connectivity index (χ4n) is 6.71. The number of aryl methyl sites for hydroxylation is 2. The number of ketones is 1. The van der Waals surface area contributed by atoms with Gasteiger partial charge in [-0.05, 0) is 69.8 Å². The van der Waals surface area contributed by atoms with E-state index in [-0.39, 0.29) is 29.5 Å². The molecule has 0 saturated carbocycles. The number of H-pyrrole nitrogens is 1. The summed E-state index contributed by atoms with van der Waals surface area (Å²) in [5.41, 5.74) is 5.18. The summed E-state index contributed by atoms with van der Waals surface area (Å²) >= 11 is 0. The van der Waals surface area contributed by atoms with Crippen LogP contribution in [-0.4, -0.2) is 80.3 Å². The van der Waals surface area contributed by atoms with Gasteiger partial charge in [0.05, 0.1) is 0 Å². The van der Waals surface area contributed by atoms with Gasteiger partial charge in [-0.15, -0.1) is 0 Å². The van der Waals surface area contributed by atoms with Crippen LogP contribution in [-0.2, 0) is 31.1 Å². The lowest BCUT2D eigenvalue weighted by atomic mass is 9.89. The molecule has 10 heteroatoms. The van der Waals surface area contributed by atoms with E-state index in [0.717, 1.165) is 54.6 Å². The van der Waals surface area contributed by atoms with E-state index in [1.54, 1.807) is 4.90 Å². The molecule has 2 N–H and O–H groups in total. The highest BCUT2D eigenvalue weighted by Gasteiger charge is 2.34. The highest BCUT2D eigenvalue weighted by molar-refractivity contribution is 6.04. The molecular formula is C31H44N6O4. The van der Waals surface area contributed by atoms with E-state index in [2.05, 4.69) is 29.2 Å². The number of hydrogen-bond acceptors (Lipinski definition) is 5. The van der Waals surface area contributed by atoms with Crippen molar-refractivity contribution in [3.05, 3.63) is 39.5 Å². The number of nitrogens with zero attached hydrogens (tertiary/aromatic N) is 4. The molecule has 3 aliphatic rings. The van der Waals surface area contributed by atoms with Gasteiger partial charge in [0, 0.05) is 74.6 Å². The molecule has 2 aromatic rings. The van der Waals surface area contributed by atoms with Crippen molar-refractivity contribution in [2.45, 2.75) is 91.0 Å². The Labute approximate surface area is 242 Å². The molecular weight excluding hydrogens is 520 g/mol. The van der Waals surface area contributed by atoms with Crippen LogP contribution < -0.4 is 5.32 Å². The van der Waals surface area contributed by atoms with Crippen LogP contribution in [0.25, 0.3) is 0 Å². The van der Waals surface area contributed by atoms with Crippen molar-refractivity contribution in [1.29, 1.82) is 0 Å². The zero-order valence-electron chi connectivity index (χ0n) is 25.0. The number of carbonyl (C=O) groups excluding carboxylic acids is 4. The Morgan fingerprint density at radius 2 is 1.83 bits per heavy atom. The van der Waals surface area contributed by atoms with Crippen molar-refractivity contribution in [3.63, 3.8) is 0 Å². The second kappa shape index (κ2) is 12.2. The van der Waals surface area contributed by atoms with Gasteiger partial charge in [-0.25, -0.2) is 0 Å². The molecule has 41 heavy (non-hydrogen) atoms. The smallest absolute Gasteiger partial charge is 0.272 e. The molecule has 10 nitrogen and oxygen atoms in total. The van der Waals surface area contributed by atoms with Crippen LogP contribution in [0.4, 0.5) is 0 Å². The lowest BCUT2D eigenvalue weighted by molar-refractivity contribution is -0.134. The van der Waals surface area contributed by atoms with Gasteiger partial charge in [-0.3, -0.25) is 23.9 Å². The zero-order valence-corrected chi connectivity index (χ0v) is 25.0. The summed E-state index contributed by atoms with van der Waals surface area (Å²) in [5.74, 6) is 0.301. The number of nitrogens with one attached hydrogen (secondary N) is 2. The summed E-state index contributed by atoms with van der Waals surface area (Å²) in [4.78, 5) is 60.3. The second-order valence-corrected chi connectivity index (χ2v) is 12.3. The molecule has 1 unspecified atom stereocenters. The molecule has 0 saturated heterocycles. The standard InChI is InChI=1S/C31H44N6O4/c1-19(2)13-17-37-21-11-12-24-22(18-21)29(34-35(24)4)30(40)32-14-7-16-36(15-6-10-26(37)39)31(41)28-20(3)27-23(33-28)8-5-9-25(27)38/h19,21,33H,5-18H2,1-4H3,(H,32,40). The number of carbonyl (C=O) groups is 4. The number of aromatic amines is 1. The quantitative estimate of drug-likeness (QED) is 0.590. The lowest BCUT2D eigenvalue weighted by Crippen LogP contribution is -2.45. The monoisotopic (exact) mass is 564 g/mol. The van der Waals surface area contributed by atoms with Crippen molar-refractivity contribution >= 4 is 23.5 Å². The topological polar surface area (TPSA) is 120 Å². The van der Waals surface area contributed by atoms with Crippen LogP contribution >= 0.6 is 0 Å². The average Bonchev–Trinajstić information content (AvgIpc) is 3.46. The van der Waals surface area contributed by atoms with Crippen molar-refractivity contribution < 1.29 is 19.2 Å². The molecule has 222 valence electrons. The summed E-state index contributed by atoms with van der Waals surface area (Å²) in [7, 11) is 1.88. The van der Waals surface area contributed by atoms with E-state index in [4.69, 9.17) is 0 Å². The third-order valence-corrected chi connectivity index (χ3v) is 9.00. The van der Waals surface area contributed by atoms with E-state index in [1.165, 1.54) is 0 Å². The molecule has 1 aliphatic heterocycles. The van der Waals surface area contributed by atoms with Gasteiger partial charge in [-0.1, -0.05) is 13.8 Å². The van der Waals surface area contributed by atoms with Crippen LogP contribution in [0.2, 0.25) is 0 Å². The van der Waals surface area contributed by atoms with Crippen molar-refractivity contribution in [2.75, 3.05) is 26.2 Å². The van der Waals surface area contributed by atoms with Crippen molar-refractivity contribution in [3.8, 4) is 0 Å². The number of Topliss-reactive ketones (excluding diaryl/α,β-unsaturated/α-hetero) is 1. The predicted octanol–water partition coefficient (Wildman–Crippen LogP) is 3.36. The normalized spacial score (nSPS) is 20.5. The van der Waals surface area contributed by atoms with E-state index in [9.17, 15) is 19.2 Å². The van der Waals surface area contributed by atoms with Crippen molar-refractivity contribution in [2.24, 2.45) is 13.0 Å². The second-order valence-electron chi connectivity index (χ2n) is 12.3. The maximum Gasteiger partial charge on any atom is 0.272 e. The molecule has 1 atom stereocenters. The average molecular weight is 565 g/mol. The third-order valence-electron chi connectivity index (χ3n) is 9.00. The summed E-state index contributed by atoms with van der Waals surface area (Å²) in [6.07, 6.45) is 6.74. The first-order valence-corrected chi connectivity index (χ1v) is 15.3. The van der Waals surface area contributed by atoms with Crippen LogP contribution in [0.5, 0.6) is 0 Å². The molecule has 0 radical (unpaired) electrons. The number of fused-ring (bicyclic) bond motifs is 2. The van der Waals surface area contributed by atoms with E-state index in [0.29, 0.717) is 81.2 Å².